The Kier molecular flexibility index (Phi) is 4.34. The Balaban J connectivity index is 2.28. The van der Waals surface area contributed by atoms with Crippen molar-refractivity contribution in [3.63, 3.8) is 0 Å². The maximum Gasteiger partial charge on any atom is 0.286 e. The van der Waals surface area contributed by atoms with Crippen molar-refractivity contribution in [2.75, 3.05) is 23.4 Å². The number of carbonyl (C=O) groups is 1. The molecule has 1 heterocycles. The van der Waals surface area contributed by atoms with Gasteiger partial charge in [0.05, 0.1) is 27.3 Å². The van der Waals surface area contributed by atoms with E-state index in [4.69, 9.17) is 9.88 Å². The van der Waals surface area contributed by atoms with E-state index < -0.39 is 14.9 Å². The van der Waals surface area contributed by atoms with Crippen LogP contribution in [0.4, 0.5) is 11.4 Å². The maximum absolute atomic E-state index is 11.2. The van der Waals surface area contributed by atoms with Gasteiger partial charge in [-0.1, -0.05) is 0 Å². The van der Waals surface area contributed by atoms with Gasteiger partial charge in [0, 0.05) is 5.75 Å². The SMILES string of the molecule is NS(=O)(=O)CCSc1cc2c(cc1[N+](=O)[O-])OCC(=O)N2. The van der Waals surface area contributed by atoms with Crippen LogP contribution in [0.3, 0.4) is 0 Å². The molecule has 2 rings (SSSR count). The van der Waals surface area contributed by atoms with Crippen LogP contribution in [0.1, 0.15) is 0 Å². The number of amides is 1. The molecule has 0 aromatic heterocycles. The lowest BCUT2D eigenvalue weighted by atomic mass is 10.2. The fraction of sp³-hybridized carbons (Fsp3) is 0.300. The summed E-state index contributed by atoms with van der Waals surface area (Å²) in [4.78, 5) is 21.9. The normalized spacial score (nSPS) is 14.0. The third kappa shape index (κ3) is 4.06. The van der Waals surface area contributed by atoms with Gasteiger partial charge in [-0.3, -0.25) is 14.9 Å². The summed E-state index contributed by atoms with van der Waals surface area (Å²) >= 11 is 0.969. The van der Waals surface area contributed by atoms with Crippen molar-refractivity contribution in [2.45, 2.75) is 4.90 Å². The Hall–Kier alpha value is -1.85. The van der Waals surface area contributed by atoms with Crippen LogP contribution in [0.2, 0.25) is 0 Å². The van der Waals surface area contributed by atoms with Gasteiger partial charge in [-0.25, -0.2) is 13.6 Å². The van der Waals surface area contributed by atoms with Crippen molar-refractivity contribution < 1.29 is 22.9 Å². The quantitative estimate of drug-likeness (QED) is 0.448. The zero-order valence-electron chi connectivity index (χ0n) is 10.6. The van der Waals surface area contributed by atoms with E-state index in [9.17, 15) is 23.3 Å². The van der Waals surface area contributed by atoms with Gasteiger partial charge in [-0.2, -0.15) is 0 Å². The number of thioether (sulfide) groups is 1. The average Bonchev–Trinajstić information content (AvgIpc) is 2.36. The van der Waals surface area contributed by atoms with Crippen molar-refractivity contribution in [3.8, 4) is 5.75 Å². The minimum Gasteiger partial charge on any atom is -0.481 e. The van der Waals surface area contributed by atoms with Crippen molar-refractivity contribution in [3.05, 3.63) is 22.2 Å². The molecule has 1 amide bonds. The van der Waals surface area contributed by atoms with Crippen LogP contribution in [-0.4, -0.2) is 37.4 Å². The van der Waals surface area contributed by atoms with Crippen molar-refractivity contribution >= 4 is 39.1 Å². The Morgan fingerprint density at radius 3 is 2.81 bits per heavy atom. The highest BCUT2D eigenvalue weighted by Gasteiger charge is 2.24. The molecular formula is C10H11N3O6S2. The second kappa shape index (κ2) is 5.87. The number of primary sulfonamides is 1. The Morgan fingerprint density at radius 1 is 1.48 bits per heavy atom. The van der Waals surface area contributed by atoms with Crippen LogP contribution in [0, 0.1) is 10.1 Å². The number of hydrogen-bond acceptors (Lipinski definition) is 7. The predicted molar refractivity (Wildman–Crippen MR) is 75.9 cm³/mol. The molecule has 1 aromatic carbocycles. The number of nitrogens with zero attached hydrogens (tertiary/aromatic N) is 1. The molecule has 0 saturated carbocycles. The monoisotopic (exact) mass is 333 g/mol. The molecule has 114 valence electrons. The van der Waals surface area contributed by atoms with Crippen molar-refractivity contribution in [1.82, 2.24) is 0 Å². The molecule has 11 heteroatoms. The van der Waals surface area contributed by atoms with E-state index in [0.29, 0.717) is 5.69 Å². The summed E-state index contributed by atoms with van der Waals surface area (Å²) in [5, 5.41) is 18.4. The number of anilines is 1. The van der Waals surface area contributed by atoms with Crippen LogP contribution < -0.4 is 15.2 Å². The second-order valence-corrected chi connectivity index (χ2v) is 7.00. The minimum atomic E-state index is -3.64. The van der Waals surface area contributed by atoms with E-state index in [1.165, 1.54) is 12.1 Å². The summed E-state index contributed by atoms with van der Waals surface area (Å²) in [6, 6.07) is 2.59. The van der Waals surface area contributed by atoms with Gasteiger partial charge >= 0.3 is 0 Å². The third-order valence-corrected chi connectivity index (χ3v) is 4.59. The zero-order valence-corrected chi connectivity index (χ0v) is 12.2. The highest BCUT2D eigenvalue weighted by Crippen LogP contribution is 2.39. The predicted octanol–water partition coefficient (Wildman–Crippen LogP) is 0.306. The fourth-order valence-corrected chi connectivity index (χ4v) is 3.59. The molecular weight excluding hydrogens is 322 g/mol. The summed E-state index contributed by atoms with van der Waals surface area (Å²) in [6.07, 6.45) is 0. The smallest absolute Gasteiger partial charge is 0.286 e. The maximum atomic E-state index is 11.2. The van der Waals surface area contributed by atoms with Gasteiger partial charge in [0.15, 0.2) is 12.4 Å². The Bertz CT molecular complexity index is 703. The van der Waals surface area contributed by atoms with Crippen molar-refractivity contribution in [2.24, 2.45) is 5.14 Å². The summed E-state index contributed by atoms with van der Waals surface area (Å²) in [7, 11) is -3.64. The van der Waals surface area contributed by atoms with Gasteiger partial charge in [0.25, 0.3) is 11.6 Å². The van der Waals surface area contributed by atoms with Gasteiger partial charge in [0.2, 0.25) is 10.0 Å². The minimum absolute atomic E-state index is 0.0628. The first-order chi connectivity index (χ1) is 9.76. The van der Waals surface area contributed by atoms with E-state index in [-0.39, 0.29) is 40.4 Å². The number of hydrogen-bond donors (Lipinski definition) is 2. The molecule has 1 aliphatic heterocycles. The molecule has 1 aromatic rings. The molecule has 0 radical (unpaired) electrons. The first kappa shape index (κ1) is 15.5. The Labute approximate surface area is 124 Å². The highest BCUT2D eigenvalue weighted by atomic mass is 32.2. The van der Waals surface area contributed by atoms with E-state index in [2.05, 4.69) is 5.32 Å². The molecule has 0 unspecified atom stereocenters. The second-order valence-electron chi connectivity index (χ2n) is 4.13. The average molecular weight is 333 g/mol. The molecule has 0 bridgehead atoms. The number of benzene rings is 1. The summed E-state index contributed by atoms with van der Waals surface area (Å²) in [6.45, 7) is -0.206. The van der Waals surface area contributed by atoms with Gasteiger partial charge < -0.3 is 10.1 Å². The first-order valence-electron chi connectivity index (χ1n) is 5.64. The lowest BCUT2D eigenvalue weighted by Crippen LogP contribution is -2.25. The van der Waals surface area contributed by atoms with Gasteiger partial charge in [-0.15, -0.1) is 11.8 Å². The molecule has 0 saturated heterocycles. The third-order valence-electron chi connectivity index (χ3n) is 2.52. The number of carbonyl (C=O) groups excluding carboxylic acids is 1. The number of rotatable bonds is 5. The largest absolute Gasteiger partial charge is 0.481 e. The molecule has 0 spiro atoms. The number of nitro groups is 1. The van der Waals surface area contributed by atoms with E-state index >= 15 is 0 Å². The fourth-order valence-electron chi connectivity index (χ4n) is 1.62. The number of nitro benzene ring substituents is 1. The van der Waals surface area contributed by atoms with E-state index in [1.807, 2.05) is 0 Å². The Morgan fingerprint density at radius 2 is 2.19 bits per heavy atom. The van der Waals surface area contributed by atoms with Crippen molar-refractivity contribution in [1.29, 1.82) is 0 Å². The number of fused-ring (bicyclic) bond motifs is 1. The molecule has 0 atom stereocenters. The van der Waals surface area contributed by atoms with E-state index in [1.54, 1.807) is 0 Å². The summed E-state index contributed by atoms with van der Waals surface area (Å²) in [5.74, 6) is -0.406. The van der Waals surface area contributed by atoms with Gasteiger partial charge in [-0.05, 0) is 6.07 Å². The zero-order chi connectivity index (χ0) is 15.6. The van der Waals surface area contributed by atoms with Crippen LogP contribution in [0.5, 0.6) is 5.75 Å². The molecule has 21 heavy (non-hydrogen) atoms. The molecule has 9 nitrogen and oxygen atoms in total. The van der Waals surface area contributed by atoms with E-state index in [0.717, 1.165) is 11.8 Å². The number of ether oxygens (including phenoxy) is 1. The standard InChI is InChI=1S/C10H11N3O6S2/c11-21(17,18)2-1-20-9-3-6-8(4-7(9)13(15)16)19-5-10(14)12-6/h3-4H,1-2,5H2,(H,12,14)(H2,11,17,18). The first-order valence-corrected chi connectivity index (χ1v) is 8.35. The van der Waals surface area contributed by atoms with Crippen LogP contribution in [-0.2, 0) is 14.8 Å². The lowest BCUT2D eigenvalue weighted by molar-refractivity contribution is -0.387. The molecule has 1 aliphatic rings. The molecule has 3 N–H and O–H groups in total. The number of nitrogens with two attached hydrogens (primary N) is 1. The molecule has 0 aliphatic carbocycles. The molecule has 0 fully saturated rings. The summed E-state index contributed by atoms with van der Waals surface area (Å²) in [5.41, 5.74) is 0.0965. The lowest BCUT2D eigenvalue weighted by Gasteiger charge is -2.18. The summed E-state index contributed by atoms with van der Waals surface area (Å²) < 4.78 is 26.8. The number of nitrogens with one attached hydrogen (secondary N) is 1. The van der Waals surface area contributed by atoms with Crippen LogP contribution in [0.25, 0.3) is 0 Å². The van der Waals surface area contributed by atoms with Crippen LogP contribution >= 0.6 is 11.8 Å². The number of sulfonamides is 1. The highest BCUT2D eigenvalue weighted by molar-refractivity contribution is 8.00. The topological polar surface area (TPSA) is 142 Å². The van der Waals surface area contributed by atoms with Gasteiger partial charge in [0.1, 0.15) is 0 Å². The van der Waals surface area contributed by atoms with Crippen LogP contribution in [0.15, 0.2) is 17.0 Å².